The first-order valence-corrected chi connectivity index (χ1v) is 6.24. The second kappa shape index (κ2) is 3.05. The fourth-order valence-corrected chi connectivity index (χ4v) is 1.42. The van der Waals surface area contributed by atoms with Crippen LogP contribution in [0.5, 0.6) is 0 Å². The Kier molecular flexibility index (Phi) is 3.01. The Balaban J connectivity index is 3.24. The molecule has 0 aliphatic rings. The highest BCUT2D eigenvalue weighted by Crippen LogP contribution is 2.03. The molecule has 0 saturated heterocycles. The lowest BCUT2D eigenvalue weighted by molar-refractivity contribution is 1.15. The molecule has 2 heteroatoms. The van der Waals surface area contributed by atoms with Gasteiger partial charge in [0.15, 0.2) is 0 Å². The van der Waals surface area contributed by atoms with Gasteiger partial charge in [0.1, 0.15) is 8.24 Å². The molecular weight excluding hydrogens is 114 g/mol. The van der Waals surface area contributed by atoms with Crippen LogP contribution in [-0.2, 0) is 0 Å². The van der Waals surface area contributed by atoms with Crippen LogP contribution in [0.2, 0.25) is 19.1 Å². The van der Waals surface area contributed by atoms with Crippen LogP contribution in [-0.4, -0.2) is 8.24 Å². The van der Waals surface area contributed by atoms with Crippen molar-refractivity contribution < 1.29 is 0 Å². The van der Waals surface area contributed by atoms with Crippen molar-refractivity contribution in [3.8, 4) is 0 Å². The largest absolute Gasteiger partial charge is 0.351 e. The van der Waals surface area contributed by atoms with Crippen LogP contribution in [0.25, 0.3) is 0 Å². The smallest absolute Gasteiger partial charge is 0.117 e. The molecule has 0 unspecified atom stereocenters. The zero-order chi connectivity index (χ0) is 6.62. The van der Waals surface area contributed by atoms with Crippen molar-refractivity contribution in [3.05, 3.63) is 12.7 Å². The predicted molar refractivity (Wildman–Crippen MR) is 41.3 cm³/mol. The molecule has 0 spiro atoms. The second-order valence-corrected chi connectivity index (χ2v) is 7.29. The molecule has 0 atom stereocenters. The van der Waals surface area contributed by atoms with Gasteiger partial charge in [0, 0.05) is 0 Å². The van der Waals surface area contributed by atoms with E-state index in [2.05, 4.69) is 19.7 Å². The van der Waals surface area contributed by atoms with Gasteiger partial charge in [0.05, 0.1) is 0 Å². The zero-order valence-corrected chi connectivity index (χ0v) is 6.78. The normalized spacial score (nSPS) is 11.4. The highest BCUT2D eigenvalue weighted by Gasteiger charge is 2.11. The van der Waals surface area contributed by atoms with Crippen molar-refractivity contribution in [1.29, 1.82) is 0 Å². The van der Waals surface area contributed by atoms with Crippen LogP contribution >= 0.6 is 0 Å². The summed E-state index contributed by atoms with van der Waals surface area (Å²) in [7, 11) is -1.25. The van der Waals surface area contributed by atoms with E-state index in [1.807, 2.05) is 6.08 Å². The van der Waals surface area contributed by atoms with E-state index in [0.717, 1.165) is 12.5 Å². The van der Waals surface area contributed by atoms with Gasteiger partial charge in [-0.25, -0.2) is 0 Å². The fourth-order valence-electron chi connectivity index (χ4n) is 0.474. The number of rotatable bonds is 3. The van der Waals surface area contributed by atoms with E-state index >= 15 is 0 Å². The Morgan fingerprint density at radius 3 is 2.25 bits per heavy atom. The highest BCUT2D eigenvalue weighted by molar-refractivity contribution is 6.74. The molecule has 0 rings (SSSR count). The molecule has 0 aromatic carbocycles. The Morgan fingerprint density at radius 1 is 1.62 bits per heavy atom. The standard InChI is InChI=1S/C6H15NSi/c1-4-5-6-8(2,3)7/h4H,1,5-7H2,2-3H3. The molecular formula is C6H15NSi. The van der Waals surface area contributed by atoms with Crippen LogP contribution in [0.4, 0.5) is 0 Å². The van der Waals surface area contributed by atoms with E-state index in [9.17, 15) is 0 Å². The van der Waals surface area contributed by atoms with Gasteiger partial charge in [0.2, 0.25) is 0 Å². The lowest BCUT2D eigenvalue weighted by Crippen LogP contribution is -2.37. The van der Waals surface area contributed by atoms with Crippen LogP contribution in [0.3, 0.4) is 0 Å². The summed E-state index contributed by atoms with van der Waals surface area (Å²) in [5.41, 5.74) is 0. The number of hydrogen-bond acceptors (Lipinski definition) is 1. The average molecular weight is 129 g/mol. The third-order valence-electron chi connectivity index (χ3n) is 0.993. The van der Waals surface area contributed by atoms with Gasteiger partial charge in [-0.15, -0.1) is 6.58 Å². The lowest BCUT2D eigenvalue weighted by atomic mass is 10.5. The summed E-state index contributed by atoms with van der Waals surface area (Å²) >= 11 is 0. The number of nitrogens with two attached hydrogens (primary N) is 1. The van der Waals surface area contributed by atoms with Gasteiger partial charge in [-0.2, -0.15) is 0 Å². The first-order valence-electron chi connectivity index (χ1n) is 2.96. The van der Waals surface area contributed by atoms with Gasteiger partial charge in [0.25, 0.3) is 0 Å². The van der Waals surface area contributed by atoms with Crippen molar-refractivity contribution in [3.63, 3.8) is 0 Å². The van der Waals surface area contributed by atoms with E-state index in [1.54, 1.807) is 0 Å². The third kappa shape index (κ3) is 5.92. The van der Waals surface area contributed by atoms with Crippen molar-refractivity contribution in [2.45, 2.75) is 25.6 Å². The van der Waals surface area contributed by atoms with Crippen molar-refractivity contribution in [2.24, 2.45) is 5.40 Å². The molecule has 0 aliphatic heterocycles. The number of hydrogen-bond donors (Lipinski definition) is 1. The maximum Gasteiger partial charge on any atom is 0.117 e. The molecule has 0 bridgehead atoms. The molecule has 0 aromatic rings. The topological polar surface area (TPSA) is 26.0 Å². The minimum Gasteiger partial charge on any atom is -0.351 e. The van der Waals surface area contributed by atoms with Gasteiger partial charge >= 0.3 is 0 Å². The third-order valence-corrected chi connectivity index (χ3v) is 2.57. The summed E-state index contributed by atoms with van der Waals surface area (Å²) in [6.07, 6.45) is 3.01. The van der Waals surface area contributed by atoms with Gasteiger partial charge in [-0.3, -0.25) is 0 Å². The molecule has 0 aliphatic carbocycles. The average Bonchev–Trinajstić information content (AvgIpc) is 1.59. The quantitative estimate of drug-likeness (QED) is 0.456. The summed E-state index contributed by atoms with van der Waals surface area (Å²) in [6.45, 7) is 7.96. The van der Waals surface area contributed by atoms with E-state index < -0.39 is 8.24 Å². The van der Waals surface area contributed by atoms with Gasteiger partial charge in [-0.05, 0) is 12.5 Å². The number of allylic oxidation sites excluding steroid dienone is 1. The Bertz CT molecular complexity index is 73.1. The van der Waals surface area contributed by atoms with Crippen molar-refractivity contribution in [2.75, 3.05) is 0 Å². The molecule has 8 heavy (non-hydrogen) atoms. The summed E-state index contributed by atoms with van der Waals surface area (Å²) in [4.78, 5) is 0. The fraction of sp³-hybridized carbons (Fsp3) is 0.667. The summed E-state index contributed by atoms with van der Waals surface area (Å²) in [5.74, 6) is 0. The van der Waals surface area contributed by atoms with Crippen LogP contribution < -0.4 is 5.40 Å². The minimum absolute atomic E-state index is 1.08. The predicted octanol–water partition coefficient (Wildman–Crippen LogP) is 1.73. The zero-order valence-electron chi connectivity index (χ0n) is 5.78. The van der Waals surface area contributed by atoms with Crippen LogP contribution in [0.15, 0.2) is 12.7 Å². The van der Waals surface area contributed by atoms with Crippen molar-refractivity contribution in [1.82, 2.24) is 0 Å². The first kappa shape index (κ1) is 7.92. The van der Waals surface area contributed by atoms with Crippen LogP contribution in [0, 0.1) is 0 Å². The first-order chi connectivity index (χ1) is 3.56. The Morgan fingerprint density at radius 2 is 2.12 bits per heavy atom. The minimum atomic E-state index is -1.25. The van der Waals surface area contributed by atoms with E-state index in [1.165, 1.54) is 0 Å². The molecule has 1 nitrogen and oxygen atoms in total. The summed E-state index contributed by atoms with van der Waals surface area (Å²) < 4.78 is 0. The van der Waals surface area contributed by atoms with Crippen LogP contribution in [0.1, 0.15) is 6.42 Å². The Hall–Kier alpha value is -0.0831. The molecule has 0 saturated carbocycles. The molecule has 0 radical (unpaired) electrons. The van der Waals surface area contributed by atoms with E-state index in [4.69, 9.17) is 5.40 Å². The maximum atomic E-state index is 5.81. The van der Waals surface area contributed by atoms with Gasteiger partial charge in [-0.1, -0.05) is 19.2 Å². The van der Waals surface area contributed by atoms with E-state index in [0.29, 0.717) is 0 Å². The molecule has 2 N–H and O–H groups in total. The SMILES string of the molecule is C=CCC[Si](C)(C)N. The molecule has 0 fully saturated rings. The lowest BCUT2D eigenvalue weighted by Gasteiger charge is -2.12. The second-order valence-electron chi connectivity index (χ2n) is 2.82. The monoisotopic (exact) mass is 129 g/mol. The molecule has 0 heterocycles. The molecule has 0 amide bonds. The summed E-state index contributed by atoms with van der Waals surface area (Å²) in [5, 5.41) is 5.81. The molecule has 0 aromatic heterocycles. The van der Waals surface area contributed by atoms with Gasteiger partial charge < -0.3 is 5.40 Å². The maximum absolute atomic E-state index is 5.81. The van der Waals surface area contributed by atoms with E-state index in [-0.39, 0.29) is 0 Å². The summed E-state index contributed by atoms with van der Waals surface area (Å²) in [6, 6.07) is 1.16. The molecule has 48 valence electrons. The highest BCUT2D eigenvalue weighted by atomic mass is 28.3. The van der Waals surface area contributed by atoms with Crippen molar-refractivity contribution >= 4 is 8.24 Å². The Labute approximate surface area is 52.7 Å².